The first-order valence-corrected chi connectivity index (χ1v) is 6.67. The molecule has 1 aromatic heterocycles. The van der Waals surface area contributed by atoms with Gasteiger partial charge in [0.05, 0.1) is 5.52 Å². The minimum absolute atomic E-state index is 0.192. The molecule has 0 aliphatic carbocycles. The number of aromatic nitrogens is 1. The van der Waals surface area contributed by atoms with Gasteiger partial charge in [-0.3, -0.25) is 9.78 Å². The van der Waals surface area contributed by atoms with Gasteiger partial charge in [-0.05, 0) is 35.9 Å². The van der Waals surface area contributed by atoms with Crippen molar-refractivity contribution in [2.75, 3.05) is 17.2 Å². The molecule has 3 nitrogen and oxygen atoms in total. The molecule has 2 heterocycles. The summed E-state index contributed by atoms with van der Waals surface area (Å²) in [6, 6.07) is 9.89. The fourth-order valence-electron chi connectivity index (χ4n) is 2.38. The summed E-state index contributed by atoms with van der Waals surface area (Å²) in [5, 5.41) is 1.07. The van der Waals surface area contributed by atoms with Crippen LogP contribution in [0.2, 0.25) is 0 Å². The van der Waals surface area contributed by atoms with E-state index in [9.17, 15) is 4.79 Å². The first-order valence-electron chi connectivity index (χ1n) is 6.04. The van der Waals surface area contributed by atoms with Crippen molar-refractivity contribution in [3.8, 4) is 0 Å². The van der Waals surface area contributed by atoms with E-state index in [-0.39, 0.29) is 5.91 Å². The van der Waals surface area contributed by atoms with Crippen molar-refractivity contribution in [3.63, 3.8) is 0 Å². The van der Waals surface area contributed by atoms with E-state index in [1.54, 1.807) is 6.20 Å². The summed E-state index contributed by atoms with van der Waals surface area (Å²) in [6.45, 7) is 0.772. The first-order chi connectivity index (χ1) is 8.78. The Kier molecular flexibility index (Phi) is 2.96. The van der Waals surface area contributed by atoms with Gasteiger partial charge in [-0.2, -0.15) is 12.6 Å². The van der Waals surface area contributed by atoms with Gasteiger partial charge in [0.25, 0.3) is 0 Å². The molecule has 4 heteroatoms. The summed E-state index contributed by atoms with van der Waals surface area (Å²) in [5.74, 6) is 1.32. The maximum Gasteiger partial charge on any atom is 0.227 e. The molecule has 0 bridgehead atoms. The summed E-state index contributed by atoms with van der Waals surface area (Å²) in [6.07, 6.45) is 2.38. The first kappa shape index (κ1) is 11.5. The third-order valence-electron chi connectivity index (χ3n) is 3.36. The molecule has 1 atom stereocenters. The van der Waals surface area contributed by atoms with E-state index in [0.29, 0.717) is 12.3 Å². The molecule has 3 rings (SSSR count). The van der Waals surface area contributed by atoms with Crippen LogP contribution in [0.1, 0.15) is 6.42 Å². The van der Waals surface area contributed by atoms with E-state index in [1.165, 1.54) is 0 Å². The average Bonchev–Trinajstić information content (AvgIpc) is 2.79. The normalized spacial score (nSPS) is 19.7. The molecule has 1 aliphatic heterocycles. The van der Waals surface area contributed by atoms with Crippen LogP contribution in [-0.2, 0) is 4.79 Å². The second-order valence-corrected chi connectivity index (χ2v) is 5.00. The molecule has 0 spiro atoms. The molecular formula is C14H14N2OS. The fourth-order valence-corrected chi connectivity index (χ4v) is 2.63. The topological polar surface area (TPSA) is 33.2 Å². The molecule has 1 fully saturated rings. The van der Waals surface area contributed by atoms with E-state index in [1.807, 2.05) is 35.2 Å². The summed E-state index contributed by atoms with van der Waals surface area (Å²) in [4.78, 5) is 18.1. The molecule has 18 heavy (non-hydrogen) atoms. The Morgan fingerprint density at radius 2 is 2.28 bits per heavy atom. The van der Waals surface area contributed by atoms with Crippen molar-refractivity contribution in [2.24, 2.45) is 5.92 Å². The van der Waals surface area contributed by atoms with Crippen LogP contribution in [0.25, 0.3) is 10.9 Å². The van der Waals surface area contributed by atoms with Gasteiger partial charge in [-0.25, -0.2) is 0 Å². The lowest BCUT2D eigenvalue weighted by Crippen LogP contribution is -2.24. The Balaban J connectivity index is 1.97. The number of fused-ring (bicyclic) bond motifs is 1. The highest BCUT2D eigenvalue weighted by Crippen LogP contribution is 2.27. The average molecular weight is 258 g/mol. The highest BCUT2D eigenvalue weighted by molar-refractivity contribution is 7.80. The lowest BCUT2D eigenvalue weighted by Gasteiger charge is -2.16. The summed E-state index contributed by atoms with van der Waals surface area (Å²) >= 11 is 4.28. The van der Waals surface area contributed by atoms with Crippen molar-refractivity contribution >= 4 is 35.1 Å². The smallest absolute Gasteiger partial charge is 0.227 e. The summed E-state index contributed by atoms with van der Waals surface area (Å²) < 4.78 is 0. The highest BCUT2D eigenvalue weighted by atomic mass is 32.1. The second-order valence-electron chi connectivity index (χ2n) is 4.64. The summed E-state index contributed by atoms with van der Waals surface area (Å²) in [5.41, 5.74) is 1.92. The second kappa shape index (κ2) is 4.61. The minimum atomic E-state index is 0.192. The fraction of sp³-hybridized carbons (Fsp3) is 0.286. The molecule has 0 saturated carbocycles. The lowest BCUT2D eigenvalue weighted by molar-refractivity contribution is -0.117. The number of thiol groups is 1. The predicted octanol–water partition coefficient (Wildman–Crippen LogP) is 2.52. The van der Waals surface area contributed by atoms with Crippen LogP contribution in [-0.4, -0.2) is 23.2 Å². The van der Waals surface area contributed by atoms with E-state index < -0.39 is 0 Å². The number of anilines is 1. The van der Waals surface area contributed by atoms with Crippen LogP contribution in [0.15, 0.2) is 36.5 Å². The van der Waals surface area contributed by atoms with Gasteiger partial charge in [0.15, 0.2) is 0 Å². The standard InChI is InChI=1S/C14H14N2OS/c17-14-6-10(9-18)8-16(14)12-3-4-13-11(7-12)2-1-5-15-13/h1-5,7,10,18H,6,8-9H2. The molecule has 0 radical (unpaired) electrons. The van der Waals surface area contributed by atoms with Crippen molar-refractivity contribution in [1.29, 1.82) is 0 Å². The number of rotatable bonds is 2. The van der Waals surface area contributed by atoms with Gasteiger partial charge in [-0.1, -0.05) is 6.07 Å². The molecule has 1 unspecified atom stereocenters. The van der Waals surface area contributed by atoms with Crippen molar-refractivity contribution in [3.05, 3.63) is 36.5 Å². The number of carbonyl (C=O) groups excluding carboxylic acids is 1. The van der Waals surface area contributed by atoms with Gasteiger partial charge >= 0.3 is 0 Å². The monoisotopic (exact) mass is 258 g/mol. The number of pyridine rings is 1. The molecular weight excluding hydrogens is 244 g/mol. The Morgan fingerprint density at radius 1 is 1.39 bits per heavy atom. The lowest BCUT2D eigenvalue weighted by atomic mass is 10.1. The van der Waals surface area contributed by atoms with E-state index in [2.05, 4.69) is 17.6 Å². The quantitative estimate of drug-likeness (QED) is 0.840. The van der Waals surface area contributed by atoms with Gasteiger partial charge in [0.2, 0.25) is 5.91 Å². The number of benzene rings is 1. The van der Waals surface area contributed by atoms with Crippen LogP contribution in [0.3, 0.4) is 0 Å². The zero-order valence-electron chi connectivity index (χ0n) is 9.91. The van der Waals surface area contributed by atoms with Crippen molar-refractivity contribution in [2.45, 2.75) is 6.42 Å². The van der Waals surface area contributed by atoms with Crippen LogP contribution < -0.4 is 4.90 Å². The molecule has 1 saturated heterocycles. The van der Waals surface area contributed by atoms with Crippen molar-refractivity contribution in [1.82, 2.24) is 4.98 Å². The Labute approximate surface area is 111 Å². The third-order valence-corrected chi connectivity index (χ3v) is 3.88. The van der Waals surface area contributed by atoms with E-state index >= 15 is 0 Å². The molecule has 92 valence electrons. The molecule has 0 N–H and O–H groups in total. The number of nitrogens with zero attached hydrogens (tertiary/aromatic N) is 2. The number of carbonyl (C=O) groups is 1. The van der Waals surface area contributed by atoms with E-state index in [0.717, 1.165) is 28.9 Å². The Bertz CT molecular complexity index is 599. The molecule has 1 amide bonds. The molecule has 1 aromatic carbocycles. The molecule has 1 aliphatic rings. The highest BCUT2D eigenvalue weighted by Gasteiger charge is 2.29. The number of hydrogen-bond donors (Lipinski definition) is 1. The van der Waals surface area contributed by atoms with Gasteiger partial charge < -0.3 is 4.90 Å². The maximum absolute atomic E-state index is 12.0. The Hall–Kier alpha value is -1.55. The SMILES string of the molecule is O=C1CC(CS)CN1c1ccc2ncccc2c1. The maximum atomic E-state index is 12.0. The van der Waals surface area contributed by atoms with Crippen molar-refractivity contribution < 1.29 is 4.79 Å². The predicted molar refractivity (Wildman–Crippen MR) is 76.1 cm³/mol. The minimum Gasteiger partial charge on any atom is -0.312 e. The van der Waals surface area contributed by atoms with Gasteiger partial charge in [0, 0.05) is 30.2 Å². The van der Waals surface area contributed by atoms with Crippen LogP contribution in [0.5, 0.6) is 0 Å². The molecule has 2 aromatic rings. The van der Waals surface area contributed by atoms with Gasteiger partial charge in [-0.15, -0.1) is 0 Å². The Morgan fingerprint density at radius 3 is 3.06 bits per heavy atom. The number of hydrogen-bond acceptors (Lipinski definition) is 3. The third kappa shape index (κ3) is 1.97. The number of amides is 1. The van der Waals surface area contributed by atoms with Crippen LogP contribution in [0, 0.1) is 5.92 Å². The van der Waals surface area contributed by atoms with Crippen LogP contribution in [0.4, 0.5) is 5.69 Å². The van der Waals surface area contributed by atoms with Crippen LogP contribution >= 0.6 is 12.6 Å². The zero-order chi connectivity index (χ0) is 12.5. The zero-order valence-corrected chi connectivity index (χ0v) is 10.8. The largest absolute Gasteiger partial charge is 0.312 e. The summed E-state index contributed by atoms with van der Waals surface area (Å²) in [7, 11) is 0. The van der Waals surface area contributed by atoms with Gasteiger partial charge in [0.1, 0.15) is 0 Å². The van der Waals surface area contributed by atoms with E-state index in [4.69, 9.17) is 0 Å².